The second-order valence-corrected chi connectivity index (χ2v) is 9.73. The van der Waals surface area contributed by atoms with E-state index >= 15 is 0 Å². The van der Waals surface area contributed by atoms with Crippen molar-refractivity contribution in [1.29, 1.82) is 0 Å². The molecule has 0 saturated heterocycles. The van der Waals surface area contributed by atoms with Crippen molar-refractivity contribution in [2.24, 2.45) is 5.92 Å². The number of nitrogens with one attached hydrogen (secondary N) is 1. The molecular weight excluding hydrogens is 438 g/mol. The standard InChI is InChI=1S/C26H25NO5S/c1-14-8-9-23-16(10-14)11-24(33-23)26(29)31-15(2)25(28)27-19-13-21-18(12-22(19)30-3)17-6-4-5-7-20(17)32-21/h4-7,11-15H,8-10H2,1-3H3,(H,27,28). The number of hydrogen-bond acceptors (Lipinski definition) is 6. The predicted octanol–water partition coefficient (Wildman–Crippen LogP) is 5.96. The van der Waals surface area contributed by atoms with Crippen molar-refractivity contribution >= 4 is 50.8 Å². The minimum Gasteiger partial charge on any atom is -0.495 e. The summed E-state index contributed by atoms with van der Waals surface area (Å²) in [4.78, 5) is 27.3. The first-order valence-corrected chi connectivity index (χ1v) is 11.9. The van der Waals surface area contributed by atoms with Gasteiger partial charge >= 0.3 is 5.97 Å². The molecule has 1 aliphatic rings. The van der Waals surface area contributed by atoms with E-state index in [9.17, 15) is 9.59 Å². The van der Waals surface area contributed by atoms with Crippen molar-refractivity contribution in [3.8, 4) is 5.75 Å². The number of hydrogen-bond donors (Lipinski definition) is 1. The molecule has 4 aromatic rings. The van der Waals surface area contributed by atoms with E-state index in [0.717, 1.165) is 35.6 Å². The van der Waals surface area contributed by atoms with Crippen molar-refractivity contribution in [3.63, 3.8) is 0 Å². The first-order valence-electron chi connectivity index (χ1n) is 11.1. The summed E-state index contributed by atoms with van der Waals surface area (Å²) in [5, 5.41) is 4.68. The number of para-hydroxylation sites is 1. The number of ether oxygens (including phenoxy) is 2. The van der Waals surface area contributed by atoms with Crippen LogP contribution < -0.4 is 10.1 Å². The maximum Gasteiger partial charge on any atom is 0.349 e. The van der Waals surface area contributed by atoms with Gasteiger partial charge in [-0.2, -0.15) is 0 Å². The van der Waals surface area contributed by atoms with Gasteiger partial charge in [-0.1, -0.05) is 25.1 Å². The van der Waals surface area contributed by atoms with Crippen LogP contribution in [-0.2, 0) is 22.4 Å². The van der Waals surface area contributed by atoms with E-state index in [4.69, 9.17) is 13.9 Å². The monoisotopic (exact) mass is 463 g/mol. The van der Waals surface area contributed by atoms with Crippen LogP contribution in [0, 0.1) is 5.92 Å². The third kappa shape index (κ3) is 4.09. The molecule has 0 fully saturated rings. The molecule has 6 nitrogen and oxygen atoms in total. The van der Waals surface area contributed by atoms with E-state index in [1.807, 2.05) is 36.4 Å². The average Bonchev–Trinajstić information content (AvgIpc) is 3.38. The third-order valence-corrected chi connectivity index (χ3v) is 7.36. The lowest BCUT2D eigenvalue weighted by Crippen LogP contribution is -2.30. The molecule has 1 N–H and O–H groups in total. The van der Waals surface area contributed by atoms with Gasteiger partial charge in [0.05, 0.1) is 12.8 Å². The van der Waals surface area contributed by atoms with Crippen LogP contribution in [-0.4, -0.2) is 25.1 Å². The van der Waals surface area contributed by atoms with Crippen LogP contribution in [0.4, 0.5) is 5.69 Å². The zero-order valence-electron chi connectivity index (χ0n) is 18.8. The molecule has 2 heterocycles. The SMILES string of the molecule is COc1cc2c(cc1NC(=O)C(C)OC(=O)c1cc3c(s1)CCC(C)C3)oc1ccccc12. The minimum absolute atomic E-state index is 0.438. The molecule has 0 radical (unpaired) electrons. The largest absolute Gasteiger partial charge is 0.495 e. The highest BCUT2D eigenvalue weighted by Gasteiger charge is 2.25. The van der Waals surface area contributed by atoms with Crippen LogP contribution in [0.1, 0.15) is 40.4 Å². The molecule has 170 valence electrons. The van der Waals surface area contributed by atoms with Gasteiger partial charge in [0.1, 0.15) is 21.8 Å². The Morgan fingerprint density at radius 1 is 1.15 bits per heavy atom. The molecular formula is C26H25NO5S. The Balaban J connectivity index is 1.32. The molecule has 0 saturated carbocycles. The predicted molar refractivity (Wildman–Crippen MR) is 129 cm³/mol. The number of fused-ring (bicyclic) bond motifs is 4. The maximum atomic E-state index is 12.8. The van der Waals surface area contributed by atoms with Gasteiger partial charge in [-0.3, -0.25) is 4.79 Å². The van der Waals surface area contributed by atoms with Gasteiger partial charge in [0.2, 0.25) is 0 Å². The number of aryl methyl sites for hydroxylation is 1. The van der Waals surface area contributed by atoms with Crippen LogP contribution in [0.5, 0.6) is 5.75 Å². The maximum absolute atomic E-state index is 12.8. The van der Waals surface area contributed by atoms with Crippen LogP contribution in [0.3, 0.4) is 0 Å². The van der Waals surface area contributed by atoms with E-state index in [2.05, 4.69) is 12.2 Å². The fourth-order valence-corrected chi connectivity index (χ4v) is 5.42. The number of thiophene rings is 1. The van der Waals surface area contributed by atoms with Gasteiger partial charge in [-0.15, -0.1) is 11.3 Å². The summed E-state index contributed by atoms with van der Waals surface area (Å²) in [6.07, 6.45) is 2.15. The highest BCUT2D eigenvalue weighted by molar-refractivity contribution is 7.14. The van der Waals surface area contributed by atoms with Gasteiger partial charge < -0.3 is 19.2 Å². The molecule has 33 heavy (non-hydrogen) atoms. The summed E-state index contributed by atoms with van der Waals surface area (Å²) in [5.41, 5.74) is 3.08. The van der Waals surface area contributed by atoms with Crippen molar-refractivity contribution in [2.75, 3.05) is 12.4 Å². The lowest BCUT2D eigenvalue weighted by atomic mass is 9.90. The van der Waals surface area contributed by atoms with E-state index < -0.39 is 18.0 Å². The topological polar surface area (TPSA) is 77.8 Å². The van der Waals surface area contributed by atoms with Crippen LogP contribution >= 0.6 is 11.3 Å². The molecule has 2 aromatic carbocycles. The van der Waals surface area contributed by atoms with Crippen molar-refractivity contribution in [2.45, 2.75) is 39.2 Å². The summed E-state index contributed by atoms with van der Waals surface area (Å²) in [7, 11) is 1.54. The van der Waals surface area contributed by atoms with Gasteiger partial charge in [-0.05, 0) is 55.9 Å². The minimum atomic E-state index is -0.966. The highest BCUT2D eigenvalue weighted by Crippen LogP contribution is 2.36. The Morgan fingerprint density at radius 3 is 2.79 bits per heavy atom. The lowest BCUT2D eigenvalue weighted by molar-refractivity contribution is -0.123. The van der Waals surface area contributed by atoms with Gasteiger partial charge in [-0.25, -0.2) is 4.79 Å². The fraction of sp³-hybridized carbons (Fsp3) is 0.308. The second-order valence-electron chi connectivity index (χ2n) is 8.59. The Hall–Kier alpha value is -3.32. The van der Waals surface area contributed by atoms with Crippen molar-refractivity contribution in [3.05, 3.63) is 57.8 Å². The van der Waals surface area contributed by atoms with Gasteiger partial charge in [0.25, 0.3) is 5.91 Å². The van der Waals surface area contributed by atoms with Crippen LogP contribution in [0.15, 0.2) is 46.9 Å². The lowest BCUT2D eigenvalue weighted by Gasteiger charge is -2.16. The summed E-state index contributed by atoms with van der Waals surface area (Å²) in [5.74, 6) is 0.220. The molecule has 0 spiro atoms. The number of esters is 1. The quantitative estimate of drug-likeness (QED) is 0.369. The Morgan fingerprint density at radius 2 is 1.97 bits per heavy atom. The molecule has 7 heteroatoms. The van der Waals surface area contributed by atoms with Crippen molar-refractivity contribution in [1.82, 2.24) is 0 Å². The summed E-state index contributed by atoms with van der Waals surface area (Å²) >= 11 is 1.47. The number of amides is 1. The van der Waals surface area contributed by atoms with Gasteiger partial charge in [0.15, 0.2) is 6.10 Å². The normalized spacial score (nSPS) is 16.4. The van der Waals surface area contributed by atoms with Gasteiger partial charge in [0, 0.05) is 21.7 Å². The Bertz CT molecular complexity index is 1370. The molecule has 1 aliphatic carbocycles. The summed E-state index contributed by atoms with van der Waals surface area (Å²) in [6.45, 7) is 3.79. The number of furan rings is 1. The van der Waals surface area contributed by atoms with Crippen LogP contribution in [0.25, 0.3) is 21.9 Å². The number of carbonyl (C=O) groups excluding carboxylic acids is 2. The third-order valence-electron chi connectivity index (χ3n) is 6.14. The average molecular weight is 464 g/mol. The molecule has 5 rings (SSSR count). The number of rotatable bonds is 5. The summed E-state index contributed by atoms with van der Waals surface area (Å²) < 4.78 is 16.9. The number of anilines is 1. The highest BCUT2D eigenvalue weighted by atomic mass is 32.1. The molecule has 0 aliphatic heterocycles. The van der Waals surface area contributed by atoms with E-state index in [0.29, 0.717) is 27.8 Å². The smallest absolute Gasteiger partial charge is 0.349 e. The molecule has 2 unspecified atom stereocenters. The first kappa shape index (κ1) is 21.5. The van der Waals surface area contributed by atoms with E-state index in [1.165, 1.54) is 21.8 Å². The number of methoxy groups -OCH3 is 1. The number of benzene rings is 2. The van der Waals surface area contributed by atoms with Crippen LogP contribution in [0.2, 0.25) is 0 Å². The zero-order valence-corrected chi connectivity index (χ0v) is 19.6. The first-order chi connectivity index (χ1) is 15.9. The van der Waals surface area contributed by atoms with E-state index in [1.54, 1.807) is 20.1 Å². The van der Waals surface area contributed by atoms with E-state index in [-0.39, 0.29) is 0 Å². The molecule has 2 atom stereocenters. The Labute approximate surface area is 195 Å². The summed E-state index contributed by atoms with van der Waals surface area (Å²) in [6, 6.07) is 13.2. The van der Waals surface area contributed by atoms with Crippen molar-refractivity contribution < 1.29 is 23.5 Å². The zero-order chi connectivity index (χ0) is 23.1. The molecule has 0 bridgehead atoms. The molecule has 2 aromatic heterocycles. The second kappa shape index (κ2) is 8.56. The Kier molecular flexibility index (Phi) is 5.58. The molecule has 1 amide bonds. The number of carbonyl (C=O) groups is 2. The fourth-order valence-electron chi connectivity index (χ4n) is 4.33.